The van der Waals surface area contributed by atoms with Gasteiger partial charge in [-0.25, -0.2) is 0 Å². The molecule has 0 radical (unpaired) electrons. The molecule has 0 aromatic heterocycles. The van der Waals surface area contributed by atoms with Crippen LogP contribution in [0.4, 0.5) is 0 Å². The van der Waals surface area contributed by atoms with E-state index >= 15 is 4.79 Å². The summed E-state index contributed by atoms with van der Waals surface area (Å²) in [5.74, 6) is -3.62. The van der Waals surface area contributed by atoms with Gasteiger partial charge in [0.25, 0.3) is 0 Å². The van der Waals surface area contributed by atoms with Gasteiger partial charge in [-0.3, -0.25) is 14.4 Å². The standard InChI is InChI=1S/C49H79NO14S/c1-17-35-49(10)37(41(45(54)64-49)65-25-32-18-20-33(55-13)21-19-32)28(4)38(51)26(2)23-47(8,57-15)42(63-46-39(52)34(50(11)12)22-27(3)59-46)29(5)40(30(6)44(53)61-35)62-36-24-48(9,58-16)43(56-14)31(7)60-36/h18-21,26-31,34-37,39-43,46,52H,17,22-25H2,1-16H3/t26-,27-,28?,29+,30-,31+,34+,35-,36+,37?,39-,40+,41?,42-,43+,46+,47-,48-,49-/m1/s1. The molecule has 3 unspecified atom stereocenters. The van der Waals surface area contributed by atoms with Gasteiger partial charge in [-0.15, -0.1) is 11.8 Å². The molecular weight excluding hydrogens is 859 g/mol. The summed E-state index contributed by atoms with van der Waals surface area (Å²) in [5, 5.41) is 11.1. The van der Waals surface area contributed by atoms with Crippen LogP contribution in [0.2, 0.25) is 0 Å². The molecule has 1 N–H and O–H groups in total. The Balaban J connectivity index is 1.63. The predicted octanol–water partition coefficient (Wildman–Crippen LogP) is 6.22. The van der Waals surface area contributed by atoms with Crippen molar-refractivity contribution in [2.45, 2.75) is 184 Å². The lowest BCUT2D eigenvalue weighted by molar-refractivity contribution is -0.320. The van der Waals surface area contributed by atoms with Gasteiger partial charge in [-0.2, -0.15) is 0 Å². The van der Waals surface area contributed by atoms with E-state index in [2.05, 4.69) is 0 Å². The largest absolute Gasteiger partial charge is 0.497 e. The molecule has 4 heterocycles. The molecular formula is C49H79NO14S. The molecule has 15 nitrogen and oxygen atoms in total. The molecule has 16 heteroatoms. The Hall–Kier alpha value is -2.38. The summed E-state index contributed by atoms with van der Waals surface area (Å²) in [7, 11) is 10.2. The van der Waals surface area contributed by atoms with E-state index < -0.39 is 113 Å². The minimum absolute atomic E-state index is 0.102. The topological polar surface area (TPSA) is 167 Å². The average molecular weight is 938 g/mol. The van der Waals surface area contributed by atoms with E-state index in [4.69, 9.17) is 47.4 Å². The molecule has 5 rings (SSSR count). The molecule has 65 heavy (non-hydrogen) atoms. The lowest BCUT2D eigenvalue weighted by Gasteiger charge is -2.50. The Morgan fingerprint density at radius 2 is 1.46 bits per heavy atom. The third kappa shape index (κ3) is 11.2. The van der Waals surface area contributed by atoms with E-state index in [9.17, 15) is 14.7 Å². The molecule has 1 aromatic carbocycles. The fourth-order valence-electron chi connectivity index (χ4n) is 11.2. The molecule has 4 aliphatic rings. The van der Waals surface area contributed by atoms with Gasteiger partial charge in [0.15, 0.2) is 18.2 Å². The van der Waals surface area contributed by atoms with Crippen LogP contribution < -0.4 is 4.74 Å². The lowest BCUT2D eigenvalue weighted by atomic mass is 9.70. The number of hydrogen-bond donors (Lipinski definition) is 1. The fourth-order valence-corrected chi connectivity index (χ4v) is 12.7. The smallest absolute Gasteiger partial charge is 0.320 e. The maximum absolute atomic E-state index is 15.1. The van der Waals surface area contributed by atoms with Crippen LogP contribution in [0.25, 0.3) is 0 Å². The van der Waals surface area contributed by atoms with E-state index in [1.165, 1.54) is 11.8 Å². The van der Waals surface area contributed by atoms with Gasteiger partial charge in [0.05, 0.1) is 48.6 Å². The highest BCUT2D eigenvalue weighted by molar-refractivity contribution is 7.99. The quantitative estimate of drug-likeness (QED) is 0.221. The number of carbonyl (C=O) groups excluding carboxylic acids is 3. The highest BCUT2D eigenvalue weighted by Gasteiger charge is 2.62. The molecule has 4 saturated heterocycles. The van der Waals surface area contributed by atoms with E-state index in [0.29, 0.717) is 24.3 Å². The van der Waals surface area contributed by atoms with Crippen molar-refractivity contribution in [1.29, 1.82) is 0 Å². The predicted molar refractivity (Wildman–Crippen MR) is 245 cm³/mol. The number of Topliss-reactive ketones (excluding diaryl/α,β-unsaturated/α-hetero) is 1. The molecule has 4 aliphatic heterocycles. The van der Waals surface area contributed by atoms with Crippen molar-refractivity contribution >= 4 is 29.5 Å². The highest BCUT2D eigenvalue weighted by atomic mass is 32.2. The first kappa shape index (κ1) is 53.6. The summed E-state index contributed by atoms with van der Waals surface area (Å²) in [6, 6.07) is 7.35. The molecule has 0 bridgehead atoms. The summed E-state index contributed by atoms with van der Waals surface area (Å²) >= 11 is 1.41. The molecule has 0 saturated carbocycles. The number of nitrogens with zero attached hydrogens (tertiary/aromatic N) is 1. The molecule has 0 aliphatic carbocycles. The van der Waals surface area contributed by atoms with Crippen molar-refractivity contribution in [3.63, 3.8) is 0 Å². The van der Waals surface area contributed by atoms with Crippen LogP contribution in [0.15, 0.2) is 24.3 Å². The zero-order valence-electron chi connectivity index (χ0n) is 41.7. The lowest BCUT2D eigenvalue weighted by Crippen LogP contribution is -2.61. The monoisotopic (exact) mass is 938 g/mol. The Bertz CT molecular complexity index is 1750. The van der Waals surface area contributed by atoms with Crippen LogP contribution in [0.5, 0.6) is 5.75 Å². The van der Waals surface area contributed by atoms with Gasteiger partial charge in [0, 0.05) is 63.2 Å². The van der Waals surface area contributed by atoms with Crippen molar-refractivity contribution in [2.24, 2.45) is 29.6 Å². The summed E-state index contributed by atoms with van der Waals surface area (Å²) < 4.78 is 63.5. The zero-order chi connectivity index (χ0) is 48.3. The van der Waals surface area contributed by atoms with Crippen LogP contribution in [0.1, 0.15) is 100 Å². The fraction of sp³-hybridized carbons (Fsp3) is 0.816. The van der Waals surface area contributed by atoms with E-state index in [-0.39, 0.29) is 30.8 Å². The number of thioether (sulfide) groups is 1. The number of likely N-dealkylation sites (N-methyl/N-ethyl adjacent to an activating group) is 1. The van der Waals surface area contributed by atoms with Crippen LogP contribution in [-0.4, -0.2) is 154 Å². The summed E-state index contributed by atoms with van der Waals surface area (Å²) in [4.78, 5) is 46.1. The van der Waals surface area contributed by atoms with Crippen molar-refractivity contribution in [3.05, 3.63) is 29.8 Å². The first-order valence-corrected chi connectivity index (χ1v) is 24.4. The van der Waals surface area contributed by atoms with Gasteiger partial charge < -0.3 is 57.4 Å². The average Bonchev–Trinajstić information content (AvgIpc) is 3.53. The first-order valence-electron chi connectivity index (χ1n) is 23.3. The number of fused-ring (bicyclic) bond motifs is 1. The molecule has 1 aromatic rings. The maximum Gasteiger partial charge on any atom is 0.320 e. The molecule has 0 spiro atoms. The zero-order valence-corrected chi connectivity index (χ0v) is 42.5. The second-order valence-electron chi connectivity index (χ2n) is 19.9. The van der Waals surface area contributed by atoms with Gasteiger partial charge in [-0.05, 0) is 92.6 Å². The first-order chi connectivity index (χ1) is 30.5. The van der Waals surface area contributed by atoms with Crippen LogP contribution >= 0.6 is 11.8 Å². The number of carbonyl (C=O) groups is 3. The molecule has 19 atom stereocenters. The SMILES string of the molecule is CC[C@H]1OC(=O)[C@H](C)[C@@H](O[C@H]2C[C@@](C)(OC)[C@@H](OC)[C@H](C)O2)[C@H](C)[C@@H](O[C@@H]2O[C@H](C)C[C@H](N(C)C)[C@H]2O)[C@](C)(OC)C[C@@H](C)C(=O)C(C)C2C(SCc3ccc(OC)cc3)C(=O)O[C@@]21C. The van der Waals surface area contributed by atoms with Gasteiger partial charge in [0.2, 0.25) is 0 Å². The van der Waals surface area contributed by atoms with Crippen molar-refractivity contribution in [2.75, 3.05) is 42.5 Å². The number of esters is 2. The second kappa shape index (κ2) is 21.9. The van der Waals surface area contributed by atoms with Crippen LogP contribution in [-0.2, 0) is 62.8 Å². The molecule has 370 valence electrons. The van der Waals surface area contributed by atoms with E-state index in [1.54, 1.807) is 42.3 Å². The van der Waals surface area contributed by atoms with Crippen molar-refractivity contribution < 1.29 is 66.9 Å². The van der Waals surface area contributed by atoms with Gasteiger partial charge >= 0.3 is 11.9 Å². The molecule has 4 fully saturated rings. The Morgan fingerprint density at radius 1 is 0.831 bits per heavy atom. The van der Waals surface area contributed by atoms with Crippen LogP contribution in [0.3, 0.4) is 0 Å². The number of aliphatic hydroxyl groups is 1. The highest BCUT2D eigenvalue weighted by Crippen LogP contribution is 2.50. The van der Waals surface area contributed by atoms with Gasteiger partial charge in [-0.1, -0.05) is 39.8 Å². The van der Waals surface area contributed by atoms with Gasteiger partial charge in [0.1, 0.15) is 35.1 Å². The number of ether oxygens (including phenoxy) is 10. The number of methoxy groups -OCH3 is 4. The minimum atomic E-state index is -1.36. The van der Waals surface area contributed by atoms with E-state index in [1.807, 2.05) is 98.7 Å². The third-order valence-corrected chi connectivity index (χ3v) is 16.4. The van der Waals surface area contributed by atoms with Crippen molar-refractivity contribution in [3.8, 4) is 5.75 Å². The van der Waals surface area contributed by atoms with Crippen molar-refractivity contribution in [1.82, 2.24) is 4.90 Å². The summed E-state index contributed by atoms with van der Waals surface area (Å²) in [6.45, 7) is 18.7. The second-order valence-corrected chi connectivity index (χ2v) is 21.0. The Labute approximate surface area is 391 Å². The number of aliphatic hydroxyl groups excluding tert-OH is 1. The number of rotatable bonds is 13. The Kier molecular flexibility index (Phi) is 18.1. The number of ketones is 1. The summed E-state index contributed by atoms with van der Waals surface area (Å²) in [6.07, 6.45) is -5.62. The normalized spacial score (nSPS) is 43.4. The number of benzene rings is 1. The Morgan fingerprint density at radius 3 is 2.03 bits per heavy atom. The summed E-state index contributed by atoms with van der Waals surface area (Å²) in [5.41, 5.74) is -2.43. The number of hydrogen-bond acceptors (Lipinski definition) is 16. The van der Waals surface area contributed by atoms with Crippen LogP contribution in [0, 0.1) is 29.6 Å². The minimum Gasteiger partial charge on any atom is -0.497 e. The third-order valence-electron chi connectivity index (χ3n) is 15.1. The molecule has 0 amide bonds. The maximum atomic E-state index is 15.1. The number of cyclic esters (lactones) is 1. The van der Waals surface area contributed by atoms with E-state index in [0.717, 1.165) is 5.56 Å².